The minimum atomic E-state index is -0.402. The van der Waals surface area contributed by atoms with E-state index in [9.17, 15) is 9.18 Å². The first-order valence-electron chi connectivity index (χ1n) is 6.30. The molecule has 4 nitrogen and oxygen atoms in total. The number of rotatable bonds is 6. The van der Waals surface area contributed by atoms with E-state index in [1.54, 1.807) is 19.1 Å². The maximum atomic E-state index is 13.5. The van der Waals surface area contributed by atoms with Gasteiger partial charge in [-0.3, -0.25) is 4.79 Å². The van der Waals surface area contributed by atoms with E-state index in [1.807, 2.05) is 13.8 Å². The van der Waals surface area contributed by atoms with E-state index in [-0.39, 0.29) is 23.7 Å². The van der Waals surface area contributed by atoms with Crippen LogP contribution in [0.3, 0.4) is 0 Å². The Kier molecular flexibility index (Phi) is 5.76. The third-order valence-electron chi connectivity index (χ3n) is 2.65. The number of carbonyl (C=O) groups is 1. The summed E-state index contributed by atoms with van der Waals surface area (Å²) in [6.45, 7) is 6.01. The highest BCUT2D eigenvalue weighted by molar-refractivity contribution is 5.81. The lowest BCUT2D eigenvalue weighted by molar-refractivity contribution is -0.123. The van der Waals surface area contributed by atoms with Gasteiger partial charge in [-0.25, -0.2) is 4.39 Å². The second-order valence-electron chi connectivity index (χ2n) is 4.73. The van der Waals surface area contributed by atoms with Crippen molar-refractivity contribution < 1.29 is 13.9 Å². The lowest BCUT2D eigenvalue weighted by Gasteiger charge is -2.16. The van der Waals surface area contributed by atoms with Crippen LogP contribution in [0.4, 0.5) is 4.39 Å². The van der Waals surface area contributed by atoms with Gasteiger partial charge in [-0.05, 0) is 38.5 Å². The fourth-order valence-electron chi connectivity index (χ4n) is 1.59. The second kappa shape index (κ2) is 7.09. The molecule has 0 heterocycles. The third kappa shape index (κ3) is 4.87. The molecule has 5 heteroatoms. The summed E-state index contributed by atoms with van der Waals surface area (Å²) in [5.41, 5.74) is 0.766. The average molecular weight is 268 g/mol. The molecule has 106 valence electrons. The summed E-state index contributed by atoms with van der Waals surface area (Å²) >= 11 is 0. The van der Waals surface area contributed by atoms with Gasteiger partial charge in [0.15, 0.2) is 11.6 Å². The van der Waals surface area contributed by atoms with Gasteiger partial charge in [0.25, 0.3) is 0 Å². The molecule has 0 aliphatic rings. The molecule has 1 rings (SSSR count). The summed E-state index contributed by atoms with van der Waals surface area (Å²) in [6.07, 6.45) is 0. The van der Waals surface area contributed by atoms with Crippen LogP contribution in [0.2, 0.25) is 0 Å². The molecule has 0 aliphatic heterocycles. The van der Waals surface area contributed by atoms with E-state index in [4.69, 9.17) is 4.74 Å². The van der Waals surface area contributed by atoms with Gasteiger partial charge in [-0.2, -0.15) is 0 Å². The summed E-state index contributed by atoms with van der Waals surface area (Å²) in [5.74, 6) is -0.251. The Hall–Kier alpha value is -1.62. The average Bonchev–Trinajstić information content (AvgIpc) is 2.35. The van der Waals surface area contributed by atoms with Crippen molar-refractivity contribution in [1.29, 1.82) is 0 Å². The molecule has 1 amide bonds. The zero-order chi connectivity index (χ0) is 14.4. The summed E-state index contributed by atoms with van der Waals surface area (Å²) in [6, 6.07) is 4.52. The summed E-state index contributed by atoms with van der Waals surface area (Å²) in [7, 11) is 1.43. The van der Waals surface area contributed by atoms with Crippen molar-refractivity contribution in [1.82, 2.24) is 10.6 Å². The Labute approximate surface area is 113 Å². The first-order chi connectivity index (χ1) is 8.93. The minimum absolute atomic E-state index is 0.0658. The zero-order valence-electron chi connectivity index (χ0n) is 11.8. The van der Waals surface area contributed by atoms with Crippen molar-refractivity contribution >= 4 is 5.91 Å². The number of benzene rings is 1. The van der Waals surface area contributed by atoms with Crippen LogP contribution >= 0.6 is 0 Å². The third-order valence-corrected chi connectivity index (χ3v) is 2.65. The van der Waals surface area contributed by atoms with Crippen LogP contribution in [-0.4, -0.2) is 25.1 Å². The summed E-state index contributed by atoms with van der Waals surface area (Å²) in [4.78, 5) is 11.7. The Balaban J connectivity index is 2.52. The highest BCUT2D eigenvalue weighted by Crippen LogP contribution is 2.17. The molecular weight excluding hydrogens is 247 g/mol. The van der Waals surface area contributed by atoms with Crippen molar-refractivity contribution in [3.8, 4) is 5.75 Å². The SMILES string of the molecule is COc1ccc(CNC(C)C(=O)NC(C)C)cc1F. The largest absolute Gasteiger partial charge is 0.494 e. The number of hydrogen-bond acceptors (Lipinski definition) is 3. The van der Waals surface area contributed by atoms with E-state index in [0.29, 0.717) is 6.54 Å². The lowest BCUT2D eigenvalue weighted by atomic mass is 10.2. The number of methoxy groups -OCH3 is 1. The molecule has 0 aromatic heterocycles. The monoisotopic (exact) mass is 268 g/mol. The van der Waals surface area contributed by atoms with Gasteiger partial charge in [0.1, 0.15) is 0 Å². The quantitative estimate of drug-likeness (QED) is 0.827. The molecule has 2 N–H and O–H groups in total. The maximum Gasteiger partial charge on any atom is 0.237 e. The molecule has 1 aromatic carbocycles. The van der Waals surface area contributed by atoms with Gasteiger partial charge in [0.2, 0.25) is 5.91 Å². The van der Waals surface area contributed by atoms with E-state index < -0.39 is 5.82 Å². The number of ether oxygens (including phenoxy) is 1. The first-order valence-corrected chi connectivity index (χ1v) is 6.30. The predicted octanol–water partition coefficient (Wildman–Crippen LogP) is 1.84. The normalized spacial score (nSPS) is 12.3. The molecule has 0 aliphatic carbocycles. The first kappa shape index (κ1) is 15.4. The fraction of sp³-hybridized carbons (Fsp3) is 0.500. The molecule has 1 unspecified atom stereocenters. The molecule has 0 radical (unpaired) electrons. The van der Waals surface area contributed by atoms with E-state index in [0.717, 1.165) is 5.56 Å². The van der Waals surface area contributed by atoms with Crippen molar-refractivity contribution in [3.63, 3.8) is 0 Å². The molecule has 0 fully saturated rings. The smallest absolute Gasteiger partial charge is 0.237 e. The second-order valence-corrected chi connectivity index (χ2v) is 4.73. The van der Waals surface area contributed by atoms with Crippen LogP contribution in [0.25, 0.3) is 0 Å². The molecule has 0 bridgehead atoms. The zero-order valence-corrected chi connectivity index (χ0v) is 11.8. The molecule has 1 atom stereocenters. The highest BCUT2D eigenvalue weighted by atomic mass is 19.1. The van der Waals surface area contributed by atoms with Crippen molar-refractivity contribution in [3.05, 3.63) is 29.6 Å². The van der Waals surface area contributed by atoms with Gasteiger partial charge >= 0.3 is 0 Å². The van der Waals surface area contributed by atoms with Crippen LogP contribution in [0.5, 0.6) is 5.75 Å². The van der Waals surface area contributed by atoms with Gasteiger partial charge in [0, 0.05) is 12.6 Å². The Morgan fingerprint density at radius 3 is 2.58 bits per heavy atom. The number of carbonyl (C=O) groups excluding carboxylic acids is 1. The lowest BCUT2D eigenvalue weighted by Crippen LogP contribution is -2.44. The van der Waals surface area contributed by atoms with Crippen molar-refractivity contribution in [2.75, 3.05) is 7.11 Å². The highest BCUT2D eigenvalue weighted by Gasteiger charge is 2.13. The van der Waals surface area contributed by atoms with Crippen LogP contribution in [0.1, 0.15) is 26.3 Å². The summed E-state index contributed by atoms with van der Waals surface area (Å²) in [5, 5.41) is 5.86. The Bertz CT molecular complexity index is 435. The molecule has 0 spiro atoms. The molecule has 0 saturated carbocycles. The van der Waals surface area contributed by atoms with E-state index in [1.165, 1.54) is 13.2 Å². The number of amides is 1. The Morgan fingerprint density at radius 2 is 2.05 bits per heavy atom. The van der Waals surface area contributed by atoms with Crippen LogP contribution in [0, 0.1) is 5.82 Å². The topological polar surface area (TPSA) is 50.4 Å². The van der Waals surface area contributed by atoms with Crippen molar-refractivity contribution in [2.45, 2.75) is 39.4 Å². The van der Waals surface area contributed by atoms with Gasteiger partial charge in [-0.1, -0.05) is 6.07 Å². The van der Waals surface area contributed by atoms with Crippen LogP contribution in [0.15, 0.2) is 18.2 Å². The molecule has 19 heavy (non-hydrogen) atoms. The van der Waals surface area contributed by atoms with Crippen LogP contribution < -0.4 is 15.4 Å². The fourth-order valence-corrected chi connectivity index (χ4v) is 1.59. The van der Waals surface area contributed by atoms with Gasteiger partial charge in [0.05, 0.1) is 13.2 Å². The maximum absolute atomic E-state index is 13.5. The molecule has 1 aromatic rings. The van der Waals surface area contributed by atoms with E-state index >= 15 is 0 Å². The molecular formula is C14H21FN2O2. The van der Waals surface area contributed by atoms with Gasteiger partial charge in [-0.15, -0.1) is 0 Å². The predicted molar refractivity (Wildman–Crippen MR) is 72.5 cm³/mol. The Morgan fingerprint density at radius 1 is 1.37 bits per heavy atom. The summed E-state index contributed by atoms with van der Waals surface area (Å²) < 4.78 is 18.3. The van der Waals surface area contributed by atoms with Crippen molar-refractivity contribution in [2.24, 2.45) is 0 Å². The number of hydrogen-bond donors (Lipinski definition) is 2. The standard InChI is InChI=1S/C14H21FN2O2/c1-9(2)17-14(18)10(3)16-8-11-5-6-13(19-4)12(15)7-11/h5-7,9-10,16H,8H2,1-4H3,(H,17,18). The number of nitrogens with one attached hydrogen (secondary N) is 2. The van der Waals surface area contributed by atoms with E-state index in [2.05, 4.69) is 10.6 Å². The number of halogens is 1. The van der Waals surface area contributed by atoms with Gasteiger partial charge < -0.3 is 15.4 Å². The minimum Gasteiger partial charge on any atom is -0.494 e. The molecule has 0 saturated heterocycles. The van der Waals surface area contributed by atoms with Crippen LogP contribution in [-0.2, 0) is 11.3 Å².